The van der Waals surface area contributed by atoms with Crippen molar-refractivity contribution in [3.8, 4) is 0 Å². The second-order valence-electron chi connectivity index (χ2n) is 4.24. The zero-order valence-corrected chi connectivity index (χ0v) is 9.60. The summed E-state index contributed by atoms with van der Waals surface area (Å²) in [5.74, 6) is 0. The third-order valence-corrected chi connectivity index (χ3v) is 3.11. The molecule has 3 unspecified atom stereocenters. The van der Waals surface area contributed by atoms with Crippen LogP contribution >= 0.6 is 0 Å². The Hall–Kier alpha value is -1.84. The summed E-state index contributed by atoms with van der Waals surface area (Å²) in [6.45, 7) is -0.501. The van der Waals surface area contributed by atoms with Gasteiger partial charge in [-0.2, -0.15) is 0 Å². The highest BCUT2D eigenvalue weighted by molar-refractivity contribution is 5.68. The van der Waals surface area contributed by atoms with E-state index in [1.165, 1.54) is 17.2 Å². The Morgan fingerprint density at radius 3 is 3.00 bits per heavy atom. The number of imidazole rings is 1. The summed E-state index contributed by atoms with van der Waals surface area (Å²) < 4.78 is 20.4. The third-order valence-electron chi connectivity index (χ3n) is 3.11. The Kier molecular flexibility index (Phi) is 2.81. The normalized spacial score (nSPS) is 31.1. The van der Waals surface area contributed by atoms with Crippen LogP contribution in [0.3, 0.4) is 0 Å². The van der Waals surface area contributed by atoms with Gasteiger partial charge in [0.25, 0.3) is 5.56 Å². The molecule has 4 atom stereocenters. The van der Waals surface area contributed by atoms with Crippen LogP contribution in [0.4, 0.5) is 4.39 Å². The molecule has 0 saturated carbocycles. The van der Waals surface area contributed by atoms with E-state index in [0.717, 1.165) is 0 Å². The van der Waals surface area contributed by atoms with E-state index in [0.29, 0.717) is 0 Å². The first kappa shape index (κ1) is 12.2. The largest absolute Gasteiger partial charge is 0.394 e. The number of aliphatic hydroxyl groups is 2. The molecule has 0 amide bonds. The van der Waals surface area contributed by atoms with Gasteiger partial charge in [0.1, 0.15) is 12.2 Å². The van der Waals surface area contributed by atoms with E-state index >= 15 is 0 Å². The second kappa shape index (κ2) is 4.37. The Morgan fingerprint density at radius 2 is 2.32 bits per heavy atom. The molecule has 0 aliphatic carbocycles. The molecule has 3 N–H and O–H groups in total. The van der Waals surface area contributed by atoms with E-state index in [-0.39, 0.29) is 11.2 Å². The number of nitrogens with zero attached hydrogens (tertiary/aromatic N) is 3. The van der Waals surface area contributed by atoms with E-state index in [4.69, 9.17) is 9.84 Å². The van der Waals surface area contributed by atoms with Gasteiger partial charge in [-0.15, -0.1) is 0 Å². The Morgan fingerprint density at radius 1 is 1.53 bits per heavy atom. The van der Waals surface area contributed by atoms with Gasteiger partial charge in [0.05, 0.1) is 19.3 Å². The summed E-state index contributed by atoms with van der Waals surface area (Å²) in [4.78, 5) is 21.6. The lowest BCUT2D eigenvalue weighted by Gasteiger charge is -2.14. The molecule has 0 radical (unpaired) electrons. The van der Waals surface area contributed by atoms with Crippen molar-refractivity contribution >= 4 is 11.2 Å². The molecule has 2 aromatic heterocycles. The minimum Gasteiger partial charge on any atom is -0.394 e. The highest BCUT2D eigenvalue weighted by atomic mass is 19.1. The molecule has 0 spiro atoms. The molecule has 3 heterocycles. The predicted octanol–water partition coefficient (Wildman–Crippen LogP) is -1.29. The summed E-state index contributed by atoms with van der Waals surface area (Å²) in [6.07, 6.45) is -2.97. The Labute approximate surface area is 105 Å². The lowest BCUT2D eigenvalue weighted by molar-refractivity contribution is -0.0459. The highest BCUT2D eigenvalue weighted by Crippen LogP contribution is 2.32. The minimum atomic E-state index is -1.74. The zero-order chi connectivity index (χ0) is 13.6. The SMILES string of the molecule is O=c1[nH]cnc2c1ncn2C1OC(CO)[C@@H](O)C1F. The number of aliphatic hydroxyl groups excluding tert-OH is 2. The summed E-state index contributed by atoms with van der Waals surface area (Å²) in [6, 6.07) is 0. The fraction of sp³-hybridized carbons (Fsp3) is 0.500. The number of rotatable bonds is 2. The van der Waals surface area contributed by atoms with Crippen molar-refractivity contribution in [3.63, 3.8) is 0 Å². The maximum Gasteiger partial charge on any atom is 0.278 e. The molecular formula is C10H11FN4O4. The maximum absolute atomic E-state index is 14.0. The maximum atomic E-state index is 14.0. The number of nitrogens with one attached hydrogen (secondary N) is 1. The summed E-state index contributed by atoms with van der Waals surface area (Å²) in [5, 5.41) is 18.6. The van der Waals surface area contributed by atoms with Gasteiger partial charge in [0, 0.05) is 0 Å². The molecule has 1 aliphatic heterocycles. The molecule has 19 heavy (non-hydrogen) atoms. The van der Waals surface area contributed by atoms with Crippen LogP contribution in [-0.4, -0.2) is 54.7 Å². The molecule has 2 aromatic rings. The number of H-pyrrole nitrogens is 1. The smallest absolute Gasteiger partial charge is 0.278 e. The molecule has 1 fully saturated rings. The zero-order valence-electron chi connectivity index (χ0n) is 9.60. The van der Waals surface area contributed by atoms with Crippen LogP contribution in [-0.2, 0) is 4.74 Å². The Balaban J connectivity index is 2.06. The molecule has 9 heteroatoms. The van der Waals surface area contributed by atoms with E-state index in [1.807, 2.05) is 0 Å². The van der Waals surface area contributed by atoms with Gasteiger partial charge in [0.15, 0.2) is 23.6 Å². The lowest BCUT2D eigenvalue weighted by Crippen LogP contribution is -2.30. The van der Waals surface area contributed by atoms with Crippen molar-refractivity contribution in [2.75, 3.05) is 6.61 Å². The number of ether oxygens (including phenoxy) is 1. The van der Waals surface area contributed by atoms with Gasteiger partial charge in [-0.05, 0) is 0 Å². The van der Waals surface area contributed by atoms with Crippen LogP contribution in [0.5, 0.6) is 0 Å². The van der Waals surface area contributed by atoms with Crippen molar-refractivity contribution < 1.29 is 19.3 Å². The van der Waals surface area contributed by atoms with Gasteiger partial charge in [0.2, 0.25) is 0 Å². The van der Waals surface area contributed by atoms with Crippen LogP contribution in [0.15, 0.2) is 17.4 Å². The van der Waals surface area contributed by atoms with Crippen molar-refractivity contribution in [2.45, 2.75) is 24.6 Å². The van der Waals surface area contributed by atoms with Crippen LogP contribution < -0.4 is 5.56 Å². The lowest BCUT2D eigenvalue weighted by atomic mass is 10.1. The fourth-order valence-corrected chi connectivity index (χ4v) is 2.13. The quantitative estimate of drug-likeness (QED) is 0.625. The number of halogens is 1. The van der Waals surface area contributed by atoms with E-state index in [9.17, 15) is 14.3 Å². The molecule has 0 aromatic carbocycles. The van der Waals surface area contributed by atoms with Crippen LogP contribution in [0.2, 0.25) is 0 Å². The average Bonchev–Trinajstić information content (AvgIpc) is 2.94. The van der Waals surface area contributed by atoms with Crippen molar-refractivity contribution in [1.82, 2.24) is 19.5 Å². The molecule has 3 rings (SSSR count). The van der Waals surface area contributed by atoms with Crippen LogP contribution in [0.25, 0.3) is 11.2 Å². The topological polar surface area (TPSA) is 113 Å². The van der Waals surface area contributed by atoms with Gasteiger partial charge in [-0.25, -0.2) is 14.4 Å². The van der Waals surface area contributed by atoms with Gasteiger partial charge >= 0.3 is 0 Å². The van der Waals surface area contributed by atoms with Crippen LogP contribution in [0, 0.1) is 0 Å². The van der Waals surface area contributed by atoms with E-state index in [2.05, 4.69) is 15.0 Å². The molecule has 1 aliphatic rings. The monoisotopic (exact) mass is 270 g/mol. The highest BCUT2D eigenvalue weighted by Gasteiger charge is 2.45. The predicted molar refractivity (Wildman–Crippen MR) is 60.0 cm³/mol. The number of hydrogen-bond donors (Lipinski definition) is 3. The number of alkyl halides is 1. The van der Waals surface area contributed by atoms with E-state index < -0.39 is 36.8 Å². The molecule has 0 bridgehead atoms. The first-order chi connectivity index (χ1) is 9.13. The Bertz CT molecular complexity index is 656. The number of hydrogen-bond acceptors (Lipinski definition) is 6. The summed E-state index contributed by atoms with van der Waals surface area (Å²) in [7, 11) is 0. The minimum absolute atomic E-state index is 0.0558. The fourth-order valence-electron chi connectivity index (χ4n) is 2.13. The molecule has 102 valence electrons. The second-order valence-corrected chi connectivity index (χ2v) is 4.24. The molecule has 8 nitrogen and oxygen atoms in total. The standard InChI is InChI=1S/C10H11FN4O4/c11-5-7(17)4(1-16)19-10(5)15-3-14-6-8(15)12-2-13-9(6)18/h2-5,7,10,16-17H,1H2,(H,12,13,18)/t4?,5?,7-,10?/m1/s1. The number of aromatic amines is 1. The number of fused-ring (bicyclic) bond motifs is 1. The third kappa shape index (κ3) is 1.74. The first-order valence-electron chi connectivity index (χ1n) is 5.62. The first-order valence-corrected chi connectivity index (χ1v) is 5.62. The van der Waals surface area contributed by atoms with Gasteiger partial charge < -0.3 is 19.9 Å². The average molecular weight is 270 g/mol. The van der Waals surface area contributed by atoms with Crippen molar-refractivity contribution in [2.24, 2.45) is 0 Å². The van der Waals surface area contributed by atoms with Crippen LogP contribution in [0.1, 0.15) is 6.23 Å². The van der Waals surface area contributed by atoms with Gasteiger partial charge in [-0.1, -0.05) is 0 Å². The molecular weight excluding hydrogens is 259 g/mol. The van der Waals surface area contributed by atoms with Gasteiger partial charge in [-0.3, -0.25) is 9.36 Å². The summed E-state index contributed by atoms with van der Waals surface area (Å²) >= 11 is 0. The van der Waals surface area contributed by atoms with E-state index in [1.54, 1.807) is 0 Å². The van der Waals surface area contributed by atoms with Crippen molar-refractivity contribution in [1.29, 1.82) is 0 Å². The summed E-state index contributed by atoms with van der Waals surface area (Å²) in [5.41, 5.74) is -0.237. The molecule has 1 saturated heterocycles. The van der Waals surface area contributed by atoms with Crippen molar-refractivity contribution in [3.05, 3.63) is 23.0 Å². The number of aromatic nitrogens is 4.